The highest BCUT2D eigenvalue weighted by molar-refractivity contribution is 5.47. The summed E-state index contributed by atoms with van der Waals surface area (Å²) < 4.78 is 10.8. The summed E-state index contributed by atoms with van der Waals surface area (Å²) in [6.07, 6.45) is 5.53. The van der Waals surface area contributed by atoms with Crippen LogP contribution in [0.2, 0.25) is 0 Å². The fourth-order valence-electron chi connectivity index (χ4n) is 2.95. The predicted molar refractivity (Wildman–Crippen MR) is 81.2 cm³/mol. The van der Waals surface area contributed by atoms with Crippen molar-refractivity contribution >= 4 is 0 Å². The number of likely N-dealkylation sites (tertiary alicyclic amines) is 1. The SMILES string of the molecule is Cc1nc(CN2CCC[C@H]2c2nc(-c3ccccn3)no2)co1. The molecule has 0 radical (unpaired) electrons. The maximum atomic E-state index is 5.49. The van der Waals surface area contributed by atoms with Gasteiger partial charge in [-0.25, -0.2) is 4.98 Å². The lowest BCUT2D eigenvalue weighted by atomic mass is 10.2. The molecule has 3 aromatic heterocycles. The molecule has 0 unspecified atom stereocenters. The van der Waals surface area contributed by atoms with Crippen LogP contribution in [0.25, 0.3) is 11.5 Å². The number of pyridine rings is 1. The van der Waals surface area contributed by atoms with Crippen molar-refractivity contribution in [2.75, 3.05) is 6.54 Å². The molecule has 0 aliphatic carbocycles. The first-order valence-electron chi connectivity index (χ1n) is 7.69. The Balaban J connectivity index is 1.54. The predicted octanol–water partition coefficient (Wildman–Crippen LogP) is 2.77. The fourth-order valence-corrected chi connectivity index (χ4v) is 2.95. The average Bonchev–Trinajstić information content (AvgIpc) is 3.29. The Morgan fingerprint density at radius 1 is 1.30 bits per heavy atom. The highest BCUT2D eigenvalue weighted by atomic mass is 16.5. The number of aromatic nitrogens is 4. The average molecular weight is 311 g/mol. The smallest absolute Gasteiger partial charge is 0.244 e. The normalized spacial score (nSPS) is 18.6. The van der Waals surface area contributed by atoms with E-state index in [4.69, 9.17) is 8.94 Å². The summed E-state index contributed by atoms with van der Waals surface area (Å²) >= 11 is 0. The molecule has 0 N–H and O–H groups in total. The number of nitrogens with zero attached hydrogens (tertiary/aromatic N) is 5. The number of aryl methyl sites for hydroxylation is 1. The Labute approximate surface area is 133 Å². The molecule has 4 heterocycles. The monoisotopic (exact) mass is 311 g/mol. The van der Waals surface area contributed by atoms with Gasteiger partial charge in [-0.2, -0.15) is 4.98 Å². The van der Waals surface area contributed by atoms with Crippen molar-refractivity contribution in [3.8, 4) is 11.5 Å². The molecule has 0 aromatic carbocycles. The quantitative estimate of drug-likeness (QED) is 0.732. The molecule has 1 fully saturated rings. The van der Waals surface area contributed by atoms with Gasteiger partial charge in [-0.1, -0.05) is 11.2 Å². The third kappa shape index (κ3) is 2.87. The number of oxazole rings is 1. The van der Waals surface area contributed by atoms with E-state index in [1.165, 1.54) is 0 Å². The second-order valence-electron chi connectivity index (χ2n) is 5.66. The topological polar surface area (TPSA) is 81.1 Å². The van der Waals surface area contributed by atoms with E-state index in [0.29, 0.717) is 17.6 Å². The first-order valence-corrected chi connectivity index (χ1v) is 7.69. The van der Waals surface area contributed by atoms with Crippen LogP contribution in [0.15, 0.2) is 39.6 Å². The molecule has 1 aliphatic heterocycles. The minimum atomic E-state index is 0.122. The third-order valence-electron chi connectivity index (χ3n) is 4.02. The van der Waals surface area contributed by atoms with Crippen molar-refractivity contribution < 1.29 is 8.94 Å². The van der Waals surface area contributed by atoms with Crippen LogP contribution in [0.3, 0.4) is 0 Å². The van der Waals surface area contributed by atoms with Crippen LogP contribution in [0, 0.1) is 6.92 Å². The molecule has 1 saturated heterocycles. The summed E-state index contributed by atoms with van der Waals surface area (Å²) in [7, 11) is 0. The summed E-state index contributed by atoms with van der Waals surface area (Å²) in [6.45, 7) is 3.56. The molecule has 3 aromatic rings. The zero-order chi connectivity index (χ0) is 15.6. The van der Waals surface area contributed by atoms with Gasteiger partial charge < -0.3 is 8.94 Å². The van der Waals surface area contributed by atoms with Crippen molar-refractivity contribution in [1.82, 2.24) is 25.0 Å². The summed E-state index contributed by atoms with van der Waals surface area (Å²) in [5.74, 6) is 1.86. The Morgan fingerprint density at radius 3 is 3.04 bits per heavy atom. The van der Waals surface area contributed by atoms with Crippen LogP contribution in [-0.4, -0.2) is 31.6 Å². The van der Waals surface area contributed by atoms with Gasteiger partial charge in [-0.05, 0) is 31.5 Å². The van der Waals surface area contributed by atoms with E-state index in [1.54, 1.807) is 12.5 Å². The van der Waals surface area contributed by atoms with Crippen molar-refractivity contribution in [3.05, 3.63) is 48.1 Å². The van der Waals surface area contributed by atoms with E-state index >= 15 is 0 Å². The van der Waals surface area contributed by atoms with Gasteiger partial charge in [0.1, 0.15) is 12.0 Å². The molecule has 1 atom stereocenters. The molecule has 1 aliphatic rings. The van der Waals surface area contributed by atoms with Crippen LogP contribution in [0.5, 0.6) is 0 Å². The standard InChI is InChI=1S/C16H17N5O2/c1-11-18-12(10-22-11)9-21-8-4-6-14(21)16-19-15(20-23-16)13-5-2-3-7-17-13/h2-3,5,7,10,14H,4,6,8-9H2,1H3/t14-/m0/s1. The van der Waals surface area contributed by atoms with Gasteiger partial charge in [0.15, 0.2) is 5.89 Å². The van der Waals surface area contributed by atoms with E-state index in [1.807, 2.05) is 25.1 Å². The van der Waals surface area contributed by atoms with E-state index in [9.17, 15) is 0 Å². The van der Waals surface area contributed by atoms with E-state index in [0.717, 1.165) is 37.3 Å². The van der Waals surface area contributed by atoms with Crippen molar-refractivity contribution in [2.45, 2.75) is 32.4 Å². The molecule has 23 heavy (non-hydrogen) atoms. The summed E-state index contributed by atoms with van der Waals surface area (Å²) in [6, 6.07) is 5.77. The number of hydrogen-bond donors (Lipinski definition) is 0. The first kappa shape index (κ1) is 14.1. The highest BCUT2D eigenvalue weighted by Gasteiger charge is 2.31. The lowest BCUT2D eigenvalue weighted by Crippen LogP contribution is -2.23. The zero-order valence-corrected chi connectivity index (χ0v) is 12.8. The molecule has 0 saturated carbocycles. The number of rotatable bonds is 4. The van der Waals surface area contributed by atoms with Gasteiger partial charge in [0, 0.05) is 19.7 Å². The Morgan fingerprint density at radius 2 is 2.26 bits per heavy atom. The van der Waals surface area contributed by atoms with Crippen molar-refractivity contribution in [2.24, 2.45) is 0 Å². The van der Waals surface area contributed by atoms with Crippen LogP contribution in [0.1, 0.15) is 36.4 Å². The largest absolute Gasteiger partial charge is 0.449 e. The van der Waals surface area contributed by atoms with Gasteiger partial charge in [-0.15, -0.1) is 0 Å². The summed E-state index contributed by atoms with van der Waals surface area (Å²) in [5.41, 5.74) is 1.65. The lowest BCUT2D eigenvalue weighted by molar-refractivity contribution is 0.199. The lowest BCUT2D eigenvalue weighted by Gasteiger charge is -2.19. The minimum Gasteiger partial charge on any atom is -0.449 e. The van der Waals surface area contributed by atoms with Crippen molar-refractivity contribution in [1.29, 1.82) is 0 Å². The van der Waals surface area contributed by atoms with Crippen LogP contribution >= 0.6 is 0 Å². The van der Waals surface area contributed by atoms with Crippen molar-refractivity contribution in [3.63, 3.8) is 0 Å². The maximum Gasteiger partial charge on any atom is 0.244 e. The fraction of sp³-hybridized carbons (Fsp3) is 0.375. The second kappa shape index (κ2) is 5.92. The van der Waals surface area contributed by atoms with Gasteiger partial charge >= 0.3 is 0 Å². The molecule has 4 rings (SSSR count). The van der Waals surface area contributed by atoms with Crippen LogP contribution < -0.4 is 0 Å². The minimum absolute atomic E-state index is 0.122. The Kier molecular flexibility index (Phi) is 3.63. The van der Waals surface area contributed by atoms with Gasteiger partial charge in [0.05, 0.1) is 11.7 Å². The zero-order valence-electron chi connectivity index (χ0n) is 12.8. The summed E-state index contributed by atoms with van der Waals surface area (Å²) in [4.78, 5) is 15.5. The Hall–Kier alpha value is -2.54. The van der Waals surface area contributed by atoms with Gasteiger partial charge in [0.25, 0.3) is 0 Å². The van der Waals surface area contributed by atoms with E-state index in [-0.39, 0.29) is 6.04 Å². The Bertz CT molecular complexity index is 783. The molecular formula is C16H17N5O2. The molecule has 0 bridgehead atoms. The third-order valence-corrected chi connectivity index (χ3v) is 4.02. The molecular weight excluding hydrogens is 294 g/mol. The molecule has 0 spiro atoms. The molecule has 7 heteroatoms. The molecule has 0 amide bonds. The molecule has 118 valence electrons. The van der Waals surface area contributed by atoms with Gasteiger partial charge in [-0.3, -0.25) is 9.88 Å². The van der Waals surface area contributed by atoms with Crippen LogP contribution in [-0.2, 0) is 6.54 Å². The van der Waals surface area contributed by atoms with E-state index < -0.39 is 0 Å². The second-order valence-corrected chi connectivity index (χ2v) is 5.66. The highest BCUT2D eigenvalue weighted by Crippen LogP contribution is 2.32. The summed E-state index contributed by atoms with van der Waals surface area (Å²) in [5, 5.41) is 4.07. The molecule has 7 nitrogen and oxygen atoms in total. The van der Waals surface area contributed by atoms with Gasteiger partial charge in [0.2, 0.25) is 11.7 Å². The first-order chi connectivity index (χ1) is 11.3. The van der Waals surface area contributed by atoms with Crippen LogP contribution in [0.4, 0.5) is 0 Å². The van der Waals surface area contributed by atoms with E-state index in [2.05, 4.69) is 25.0 Å². The maximum absolute atomic E-state index is 5.49. The number of hydrogen-bond acceptors (Lipinski definition) is 7.